The summed E-state index contributed by atoms with van der Waals surface area (Å²) in [5.74, 6) is 0.533. The zero-order chi connectivity index (χ0) is 17.5. The van der Waals surface area contributed by atoms with Crippen LogP contribution in [-0.2, 0) is 11.3 Å². The fourth-order valence-corrected chi connectivity index (χ4v) is 2.38. The Hall–Kier alpha value is -1.75. The van der Waals surface area contributed by atoms with Crippen molar-refractivity contribution >= 4 is 11.6 Å². The number of anilines is 1. The molecule has 0 aliphatic carbocycles. The molecule has 1 aromatic carbocycles. The standard InChI is InChI=1S/C19H34N4O/c1-3-4-5-6-7-8-13-22-19(20)23-16-17-9-11-18(12-10-17)21-14-15-24-2/h9-12,21H,3-8,13-16H2,1-2H3,(H3,20,22,23). The highest BCUT2D eigenvalue weighted by atomic mass is 16.5. The van der Waals surface area contributed by atoms with Crippen LogP contribution in [0.5, 0.6) is 0 Å². The number of ether oxygens (including phenoxy) is 1. The fraction of sp³-hybridized carbons (Fsp3) is 0.632. The minimum atomic E-state index is 0.533. The van der Waals surface area contributed by atoms with E-state index in [1.165, 1.54) is 32.1 Å². The Bertz CT molecular complexity index is 445. The van der Waals surface area contributed by atoms with E-state index < -0.39 is 0 Å². The van der Waals surface area contributed by atoms with Crippen molar-refractivity contribution < 1.29 is 4.74 Å². The second-order valence-corrected chi connectivity index (χ2v) is 6.01. The van der Waals surface area contributed by atoms with Crippen LogP contribution < -0.4 is 16.4 Å². The van der Waals surface area contributed by atoms with Crippen molar-refractivity contribution in [3.8, 4) is 0 Å². The van der Waals surface area contributed by atoms with Crippen LogP contribution in [0.2, 0.25) is 0 Å². The predicted octanol–water partition coefficient (Wildman–Crippen LogP) is 3.51. The Labute approximate surface area is 147 Å². The minimum absolute atomic E-state index is 0.533. The van der Waals surface area contributed by atoms with Crippen LogP contribution >= 0.6 is 0 Å². The molecule has 5 nitrogen and oxygen atoms in total. The number of hydrogen-bond donors (Lipinski definition) is 3. The zero-order valence-electron chi connectivity index (χ0n) is 15.3. The third-order valence-corrected chi connectivity index (χ3v) is 3.86. The van der Waals surface area contributed by atoms with Crippen LogP contribution in [0.25, 0.3) is 0 Å². The molecule has 0 radical (unpaired) electrons. The molecule has 0 unspecified atom stereocenters. The quantitative estimate of drug-likeness (QED) is 0.293. The molecule has 0 heterocycles. The van der Waals surface area contributed by atoms with Crippen LogP contribution in [0.15, 0.2) is 29.3 Å². The van der Waals surface area contributed by atoms with E-state index in [9.17, 15) is 0 Å². The zero-order valence-corrected chi connectivity index (χ0v) is 15.3. The number of nitrogens with two attached hydrogens (primary N) is 1. The first kappa shape index (κ1) is 20.3. The molecule has 0 aliphatic heterocycles. The molecule has 0 bridgehead atoms. The molecular formula is C19H34N4O. The average Bonchev–Trinajstić information content (AvgIpc) is 2.60. The first-order valence-electron chi connectivity index (χ1n) is 9.11. The molecule has 0 amide bonds. The molecule has 4 N–H and O–H groups in total. The normalized spacial score (nSPS) is 11.5. The van der Waals surface area contributed by atoms with Crippen molar-refractivity contribution in [1.29, 1.82) is 0 Å². The number of rotatable bonds is 13. The molecular weight excluding hydrogens is 300 g/mol. The first-order valence-corrected chi connectivity index (χ1v) is 9.11. The topological polar surface area (TPSA) is 71.7 Å². The Morgan fingerprint density at radius 3 is 2.46 bits per heavy atom. The van der Waals surface area contributed by atoms with Gasteiger partial charge in [0.25, 0.3) is 0 Å². The molecule has 0 atom stereocenters. The van der Waals surface area contributed by atoms with E-state index in [4.69, 9.17) is 10.5 Å². The van der Waals surface area contributed by atoms with E-state index in [2.05, 4.69) is 46.8 Å². The predicted molar refractivity (Wildman–Crippen MR) is 104 cm³/mol. The van der Waals surface area contributed by atoms with Gasteiger partial charge in [-0.3, -0.25) is 0 Å². The van der Waals surface area contributed by atoms with Gasteiger partial charge in [-0.15, -0.1) is 0 Å². The Balaban J connectivity index is 2.17. The van der Waals surface area contributed by atoms with Gasteiger partial charge >= 0.3 is 0 Å². The number of nitrogens with zero attached hydrogens (tertiary/aromatic N) is 1. The van der Waals surface area contributed by atoms with Crippen molar-refractivity contribution in [1.82, 2.24) is 5.32 Å². The van der Waals surface area contributed by atoms with Crippen molar-refractivity contribution in [2.24, 2.45) is 10.7 Å². The largest absolute Gasteiger partial charge is 0.383 e. The minimum Gasteiger partial charge on any atom is -0.383 e. The molecule has 0 aliphatic rings. The van der Waals surface area contributed by atoms with E-state index in [-0.39, 0.29) is 0 Å². The number of unbranched alkanes of at least 4 members (excludes halogenated alkanes) is 5. The summed E-state index contributed by atoms with van der Waals surface area (Å²) in [7, 11) is 1.70. The molecule has 1 aromatic rings. The van der Waals surface area contributed by atoms with Crippen LogP contribution in [0.4, 0.5) is 5.69 Å². The van der Waals surface area contributed by atoms with E-state index in [0.29, 0.717) is 19.1 Å². The lowest BCUT2D eigenvalue weighted by Gasteiger charge is -2.07. The van der Waals surface area contributed by atoms with Gasteiger partial charge < -0.3 is 21.1 Å². The summed E-state index contributed by atoms with van der Waals surface area (Å²) in [5.41, 5.74) is 8.15. The number of benzene rings is 1. The second kappa shape index (κ2) is 13.7. The third-order valence-electron chi connectivity index (χ3n) is 3.86. The summed E-state index contributed by atoms with van der Waals surface area (Å²) in [4.78, 5) is 4.39. The maximum absolute atomic E-state index is 5.91. The summed E-state index contributed by atoms with van der Waals surface area (Å²) in [6.45, 7) is 5.26. The highest BCUT2D eigenvalue weighted by Gasteiger charge is 1.96. The molecule has 5 heteroatoms. The molecule has 136 valence electrons. The van der Waals surface area contributed by atoms with Gasteiger partial charge in [-0.2, -0.15) is 0 Å². The smallest absolute Gasteiger partial charge is 0.188 e. The number of guanidine groups is 1. The van der Waals surface area contributed by atoms with E-state index in [1.54, 1.807) is 7.11 Å². The van der Waals surface area contributed by atoms with E-state index in [1.807, 2.05) is 0 Å². The monoisotopic (exact) mass is 334 g/mol. The van der Waals surface area contributed by atoms with E-state index >= 15 is 0 Å². The van der Waals surface area contributed by atoms with Crippen LogP contribution in [0, 0.1) is 0 Å². The van der Waals surface area contributed by atoms with Crippen LogP contribution in [0.3, 0.4) is 0 Å². The van der Waals surface area contributed by atoms with Gasteiger partial charge in [-0.05, 0) is 24.1 Å². The molecule has 1 rings (SSSR count). The fourth-order valence-electron chi connectivity index (χ4n) is 2.38. The Morgan fingerprint density at radius 1 is 1.04 bits per heavy atom. The number of aliphatic imine (C=N–C) groups is 1. The molecule has 0 saturated carbocycles. The molecule has 0 aromatic heterocycles. The third kappa shape index (κ3) is 10.1. The highest BCUT2D eigenvalue weighted by Crippen LogP contribution is 2.10. The lowest BCUT2D eigenvalue weighted by atomic mass is 10.1. The van der Waals surface area contributed by atoms with Crippen LogP contribution in [-0.4, -0.2) is 32.8 Å². The second-order valence-electron chi connectivity index (χ2n) is 6.01. The van der Waals surface area contributed by atoms with Crippen molar-refractivity contribution in [3.05, 3.63) is 29.8 Å². The van der Waals surface area contributed by atoms with Gasteiger partial charge in [0.15, 0.2) is 5.96 Å². The lowest BCUT2D eigenvalue weighted by molar-refractivity contribution is 0.211. The summed E-state index contributed by atoms with van der Waals surface area (Å²) in [6.07, 6.45) is 7.72. The van der Waals surface area contributed by atoms with Crippen molar-refractivity contribution in [2.45, 2.75) is 52.0 Å². The summed E-state index contributed by atoms with van der Waals surface area (Å²) < 4.78 is 5.02. The van der Waals surface area contributed by atoms with Gasteiger partial charge in [-0.25, -0.2) is 4.99 Å². The summed E-state index contributed by atoms with van der Waals surface area (Å²) in [5, 5.41) is 6.48. The van der Waals surface area contributed by atoms with Gasteiger partial charge in [-0.1, -0.05) is 51.2 Å². The van der Waals surface area contributed by atoms with Crippen molar-refractivity contribution in [2.75, 3.05) is 32.1 Å². The lowest BCUT2D eigenvalue weighted by Crippen LogP contribution is -2.32. The Kier molecular flexibility index (Phi) is 11.6. The molecule has 0 saturated heterocycles. The maximum Gasteiger partial charge on any atom is 0.188 e. The average molecular weight is 335 g/mol. The molecule has 0 spiro atoms. The SMILES string of the molecule is CCCCCCCCNC(N)=NCc1ccc(NCCOC)cc1. The summed E-state index contributed by atoms with van der Waals surface area (Å²) in [6, 6.07) is 8.25. The maximum atomic E-state index is 5.91. The number of hydrogen-bond acceptors (Lipinski definition) is 3. The van der Waals surface area contributed by atoms with Crippen LogP contribution in [0.1, 0.15) is 51.0 Å². The Morgan fingerprint density at radius 2 is 1.75 bits per heavy atom. The van der Waals surface area contributed by atoms with E-state index in [0.717, 1.165) is 30.8 Å². The highest BCUT2D eigenvalue weighted by molar-refractivity contribution is 5.77. The molecule has 0 fully saturated rings. The van der Waals surface area contributed by atoms with Crippen molar-refractivity contribution in [3.63, 3.8) is 0 Å². The van der Waals surface area contributed by atoms with Gasteiger partial charge in [0, 0.05) is 25.9 Å². The van der Waals surface area contributed by atoms with Gasteiger partial charge in [0.05, 0.1) is 13.2 Å². The number of nitrogens with one attached hydrogen (secondary N) is 2. The summed E-state index contributed by atoms with van der Waals surface area (Å²) >= 11 is 0. The van der Waals surface area contributed by atoms with Gasteiger partial charge in [0.1, 0.15) is 0 Å². The molecule has 24 heavy (non-hydrogen) atoms. The number of methoxy groups -OCH3 is 1. The van der Waals surface area contributed by atoms with Gasteiger partial charge in [0.2, 0.25) is 0 Å². The first-order chi connectivity index (χ1) is 11.8.